The maximum atomic E-state index is 12.2. The average Bonchev–Trinajstić information content (AvgIpc) is 2.52. The van der Waals surface area contributed by atoms with Crippen molar-refractivity contribution in [2.24, 2.45) is 0 Å². The highest BCUT2D eigenvalue weighted by Gasteiger charge is 2.14. The van der Waals surface area contributed by atoms with Crippen LogP contribution in [0.5, 0.6) is 0 Å². The first kappa shape index (κ1) is 16.6. The number of rotatable bonds is 6. The summed E-state index contributed by atoms with van der Waals surface area (Å²) < 4.78 is 0. The Morgan fingerprint density at radius 2 is 1.86 bits per heavy atom. The highest BCUT2D eigenvalue weighted by molar-refractivity contribution is 8.00. The smallest absolute Gasteiger partial charge is 0.230 e. The Balaban J connectivity index is 1.96. The van der Waals surface area contributed by atoms with Gasteiger partial charge in [0.25, 0.3) is 0 Å². The van der Waals surface area contributed by atoms with Gasteiger partial charge in [0.05, 0.1) is 11.8 Å². The third-order valence-corrected chi connectivity index (χ3v) is 4.67. The van der Waals surface area contributed by atoms with E-state index in [4.69, 9.17) is 0 Å². The molecule has 0 saturated heterocycles. The summed E-state index contributed by atoms with van der Waals surface area (Å²) in [5, 5.41) is 3.15. The minimum absolute atomic E-state index is 0.0840. The Labute approximate surface area is 137 Å². The first-order valence-electron chi connectivity index (χ1n) is 7.64. The van der Waals surface area contributed by atoms with Crippen LogP contribution in [0.1, 0.15) is 36.1 Å². The standard InChI is InChI=1S/C19H23NOS/c1-4-18(17-11-10-14(2)12-15(17)3)20-19(21)13-22-16-8-6-5-7-9-16/h5-12,18H,4,13H2,1-3H3,(H,20,21). The van der Waals surface area contributed by atoms with E-state index in [1.807, 2.05) is 30.3 Å². The van der Waals surface area contributed by atoms with Crippen molar-refractivity contribution < 1.29 is 4.79 Å². The Bertz CT molecular complexity index is 625. The van der Waals surface area contributed by atoms with E-state index in [-0.39, 0.29) is 11.9 Å². The Morgan fingerprint density at radius 1 is 1.14 bits per heavy atom. The molecule has 0 fully saturated rings. The number of carbonyl (C=O) groups is 1. The Kier molecular flexibility index (Phi) is 6.08. The number of amides is 1. The van der Waals surface area contributed by atoms with E-state index in [0.29, 0.717) is 5.75 Å². The molecule has 3 heteroatoms. The van der Waals surface area contributed by atoms with Gasteiger partial charge in [0.1, 0.15) is 0 Å². The molecule has 0 saturated carbocycles. The normalized spacial score (nSPS) is 12.0. The first-order chi connectivity index (χ1) is 10.6. The van der Waals surface area contributed by atoms with Gasteiger partial charge in [-0.15, -0.1) is 11.8 Å². The summed E-state index contributed by atoms with van der Waals surface area (Å²) in [5.74, 6) is 0.534. The summed E-state index contributed by atoms with van der Waals surface area (Å²) in [6.45, 7) is 6.30. The first-order valence-corrected chi connectivity index (χ1v) is 8.63. The highest BCUT2D eigenvalue weighted by atomic mass is 32.2. The van der Waals surface area contributed by atoms with Gasteiger partial charge in [0, 0.05) is 4.90 Å². The van der Waals surface area contributed by atoms with E-state index in [9.17, 15) is 4.79 Å². The molecule has 1 amide bonds. The molecule has 2 rings (SSSR count). The van der Waals surface area contributed by atoms with Crippen molar-refractivity contribution in [2.45, 2.75) is 38.1 Å². The molecule has 0 aliphatic heterocycles. The van der Waals surface area contributed by atoms with Crippen molar-refractivity contribution in [3.8, 4) is 0 Å². The fourth-order valence-electron chi connectivity index (χ4n) is 2.52. The lowest BCUT2D eigenvalue weighted by Gasteiger charge is -2.20. The lowest BCUT2D eigenvalue weighted by Crippen LogP contribution is -2.30. The van der Waals surface area contributed by atoms with Crippen LogP contribution in [0.3, 0.4) is 0 Å². The van der Waals surface area contributed by atoms with Crippen LogP contribution in [0.2, 0.25) is 0 Å². The largest absolute Gasteiger partial charge is 0.349 e. The van der Waals surface area contributed by atoms with Crippen LogP contribution in [0.15, 0.2) is 53.4 Å². The molecule has 0 aliphatic rings. The number of nitrogens with one attached hydrogen (secondary N) is 1. The average molecular weight is 313 g/mol. The molecular formula is C19H23NOS. The fraction of sp³-hybridized carbons (Fsp3) is 0.316. The van der Waals surface area contributed by atoms with Gasteiger partial charge in [0.15, 0.2) is 0 Å². The van der Waals surface area contributed by atoms with Gasteiger partial charge in [-0.1, -0.05) is 48.9 Å². The molecule has 0 bridgehead atoms. The second-order valence-corrected chi connectivity index (χ2v) is 6.54. The molecule has 2 nitrogen and oxygen atoms in total. The van der Waals surface area contributed by atoms with Crippen molar-refractivity contribution in [1.29, 1.82) is 0 Å². The summed E-state index contributed by atoms with van der Waals surface area (Å²) in [4.78, 5) is 13.3. The van der Waals surface area contributed by atoms with Crippen molar-refractivity contribution in [2.75, 3.05) is 5.75 Å². The second-order valence-electron chi connectivity index (χ2n) is 5.49. The molecule has 1 N–H and O–H groups in total. The topological polar surface area (TPSA) is 29.1 Å². The van der Waals surface area contributed by atoms with E-state index in [1.54, 1.807) is 11.8 Å². The summed E-state index contributed by atoms with van der Waals surface area (Å²) in [6.07, 6.45) is 0.894. The van der Waals surface area contributed by atoms with Gasteiger partial charge in [-0.3, -0.25) is 4.79 Å². The number of aryl methyl sites for hydroxylation is 2. The van der Waals surface area contributed by atoms with Crippen molar-refractivity contribution in [3.63, 3.8) is 0 Å². The van der Waals surface area contributed by atoms with E-state index in [2.05, 4.69) is 44.3 Å². The van der Waals surface area contributed by atoms with Crippen molar-refractivity contribution >= 4 is 17.7 Å². The summed E-state index contributed by atoms with van der Waals surface area (Å²) in [7, 11) is 0. The van der Waals surface area contributed by atoms with Crippen LogP contribution >= 0.6 is 11.8 Å². The van der Waals surface area contributed by atoms with Gasteiger partial charge in [0.2, 0.25) is 5.91 Å². The molecule has 0 aliphatic carbocycles. The summed E-state index contributed by atoms with van der Waals surface area (Å²) in [6, 6.07) is 16.5. The summed E-state index contributed by atoms with van der Waals surface area (Å²) >= 11 is 1.57. The number of thioether (sulfide) groups is 1. The Hall–Kier alpha value is -1.74. The van der Waals surface area contributed by atoms with Gasteiger partial charge in [-0.2, -0.15) is 0 Å². The third kappa shape index (κ3) is 4.63. The SMILES string of the molecule is CCC(NC(=O)CSc1ccccc1)c1ccc(C)cc1C. The van der Waals surface area contributed by atoms with Crippen LogP contribution in [0.4, 0.5) is 0 Å². The molecule has 0 aromatic heterocycles. The predicted octanol–water partition coefficient (Wildman–Crippen LogP) is 4.66. The maximum absolute atomic E-state index is 12.2. The van der Waals surface area contributed by atoms with Crippen LogP contribution in [0.25, 0.3) is 0 Å². The molecule has 0 heterocycles. The van der Waals surface area contributed by atoms with Gasteiger partial charge in [-0.25, -0.2) is 0 Å². The van der Waals surface area contributed by atoms with E-state index in [0.717, 1.165) is 11.3 Å². The lowest BCUT2D eigenvalue weighted by molar-refractivity contribution is -0.119. The molecule has 2 aromatic carbocycles. The van der Waals surface area contributed by atoms with Gasteiger partial charge in [-0.05, 0) is 43.5 Å². The number of benzene rings is 2. The number of hydrogen-bond acceptors (Lipinski definition) is 2. The quantitative estimate of drug-likeness (QED) is 0.786. The third-order valence-electron chi connectivity index (χ3n) is 3.66. The zero-order chi connectivity index (χ0) is 15.9. The molecule has 1 unspecified atom stereocenters. The number of carbonyl (C=O) groups excluding carboxylic acids is 1. The molecule has 2 aromatic rings. The van der Waals surface area contributed by atoms with E-state index >= 15 is 0 Å². The molecule has 22 heavy (non-hydrogen) atoms. The maximum Gasteiger partial charge on any atom is 0.230 e. The van der Waals surface area contributed by atoms with Crippen LogP contribution in [-0.4, -0.2) is 11.7 Å². The van der Waals surface area contributed by atoms with E-state index < -0.39 is 0 Å². The van der Waals surface area contributed by atoms with Gasteiger partial charge < -0.3 is 5.32 Å². The molecular weight excluding hydrogens is 290 g/mol. The van der Waals surface area contributed by atoms with Gasteiger partial charge >= 0.3 is 0 Å². The molecule has 116 valence electrons. The fourth-order valence-corrected chi connectivity index (χ4v) is 3.25. The lowest BCUT2D eigenvalue weighted by atomic mass is 9.97. The minimum atomic E-state index is 0.0840. The van der Waals surface area contributed by atoms with Crippen LogP contribution < -0.4 is 5.32 Å². The second kappa shape index (κ2) is 8.04. The van der Waals surface area contributed by atoms with Crippen LogP contribution in [-0.2, 0) is 4.79 Å². The van der Waals surface area contributed by atoms with Crippen molar-refractivity contribution in [3.05, 3.63) is 65.2 Å². The molecule has 0 spiro atoms. The zero-order valence-corrected chi connectivity index (χ0v) is 14.2. The predicted molar refractivity (Wildman–Crippen MR) is 94.3 cm³/mol. The van der Waals surface area contributed by atoms with Crippen LogP contribution in [0, 0.1) is 13.8 Å². The molecule has 0 radical (unpaired) electrons. The Morgan fingerprint density at radius 3 is 2.50 bits per heavy atom. The monoisotopic (exact) mass is 313 g/mol. The zero-order valence-electron chi connectivity index (χ0n) is 13.4. The molecule has 1 atom stereocenters. The number of hydrogen-bond donors (Lipinski definition) is 1. The van der Waals surface area contributed by atoms with E-state index in [1.165, 1.54) is 16.7 Å². The van der Waals surface area contributed by atoms with Crippen molar-refractivity contribution in [1.82, 2.24) is 5.32 Å². The highest BCUT2D eigenvalue weighted by Crippen LogP contribution is 2.22. The minimum Gasteiger partial charge on any atom is -0.349 e. The summed E-state index contributed by atoms with van der Waals surface area (Å²) in [5.41, 5.74) is 3.70.